The van der Waals surface area contributed by atoms with Gasteiger partial charge < -0.3 is 4.52 Å². The minimum Gasteiger partial charge on any atom is -0.351 e. The molecule has 3 amide bonds. The molecule has 146 valence electrons. The first-order valence-electron chi connectivity index (χ1n) is 8.79. The molecule has 2 saturated heterocycles. The number of imide groups is 1. The molecule has 2 atom stereocenters. The zero-order valence-corrected chi connectivity index (χ0v) is 15.7. The van der Waals surface area contributed by atoms with Gasteiger partial charge in [-0.2, -0.15) is 0 Å². The molecule has 1 N–H and O–H groups in total. The molecule has 28 heavy (non-hydrogen) atoms. The molecule has 0 spiro atoms. The molecule has 0 bridgehead atoms. The predicted octanol–water partition coefficient (Wildman–Crippen LogP) is 2.19. The highest BCUT2D eigenvalue weighted by atomic mass is 32.2. The number of benzene rings is 1. The number of piperidine rings is 1. The van der Waals surface area contributed by atoms with Crippen molar-refractivity contribution in [1.29, 1.82) is 0 Å². The number of carbonyl (C=O) groups is 4. The summed E-state index contributed by atoms with van der Waals surface area (Å²) in [6, 6.07) is 2.67. The van der Waals surface area contributed by atoms with E-state index in [0.29, 0.717) is 23.1 Å². The van der Waals surface area contributed by atoms with E-state index in [4.69, 9.17) is 4.52 Å². The minimum atomic E-state index is -1.06. The van der Waals surface area contributed by atoms with Crippen molar-refractivity contribution in [1.82, 2.24) is 10.5 Å². The molecular weight excluding hydrogens is 389 g/mol. The molecule has 2 aliphatic rings. The van der Waals surface area contributed by atoms with Gasteiger partial charge in [-0.1, -0.05) is 23.8 Å². The molecule has 0 saturated carbocycles. The van der Waals surface area contributed by atoms with Crippen molar-refractivity contribution in [3.63, 3.8) is 0 Å². The number of amides is 3. The Kier molecular flexibility index (Phi) is 4.66. The van der Waals surface area contributed by atoms with E-state index in [9.17, 15) is 23.6 Å². The van der Waals surface area contributed by atoms with Gasteiger partial charge in [-0.25, -0.2) is 4.39 Å². The number of ketones is 1. The number of fused-ring (bicyclic) bond motifs is 1. The number of hydrogen-bond acceptors (Lipinski definition) is 7. The summed E-state index contributed by atoms with van der Waals surface area (Å²) in [6.45, 7) is 1.94. The lowest BCUT2D eigenvalue weighted by molar-refractivity contribution is -0.143. The van der Waals surface area contributed by atoms with Gasteiger partial charge in [0.15, 0.2) is 17.4 Å². The third kappa shape index (κ3) is 3.07. The summed E-state index contributed by atoms with van der Waals surface area (Å²) < 4.78 is 19.7. The number of Topliss-reactive ketones (excluding diaryl/α,β-unsaturated/α-hetero) is 1. The maximum atomic E-state index is 14.6. The number of nitrogens with one attached hydrogen (secondary N) is 1. The Morgan fingerprint density at radius 3 is 2.82 bits per heavy atom. The summed E-state index contributed by atoms with van der Waals surface area (Å²) >= 11 is 1.16. The average molecular weight is 405 g/mol. The Morgan fingerprint density at radius 2 is 2.11 bits per heavy atom. The van der Waals surface area contributed by atoms with Crippen LogP contribution in [0.2, 0.25) is 0 Å². The number of rotatable bonds is 4. The van der Waals surface area contributed by atoms with Gasteiger partial charge in [-0.15, -0.1) is 0 Å². The van der Waals surface area contributed by atoms with E-state index in [1.165, 1.54) is 11.0 Å². The van der Waals surface area contributed by atoms with Gasteiger partial charge in [-0.05, 0) is 30.5 Å². The van der Waals surface area contributed by atoms with Crippen molar-refractivity contribution in [3.05, 3.63) is 23.5 Å². The maximum absolute atomic E-state index is 14.6. The molecule has 1 aromatic heterocycles. The van der Waals surface area contributed by atoms with E-state index in [2.05, 4.69) is 10.5 Å². The Balaban J connectivity index is 1.72. The van der Waals surface area contributed by atoms with Crippen LogP contribution in [0, 0.1) is 11.7 Å². The van der Waals surface area contributed by atoms with Gasteiger partial charge in [0.05, 0.1) is 11.8 Å². The van der Waals surface area contributed by atoms with E-state index in [1.54, 1.807) is 6.07 Å². The largest absolute Gasteiger partial charge is 0.351 e. The van der Waals surface area contributed by atoms with Crippen molar-refractivity contribution in [2.45, 2.75) is 32.2 Å². The van der Waals surface area contributed by atoms with E-state index < -0.39 is 29.3 Å². The summed E-state index contributed by atoms with van der Waals surface area (Å²) in [5.74, 6) is -2.75. The highest BCUT2D eigenvalue weighted by Gasteiger charge is 2.37. The van der Waals surface area contributed by atoms with Crippen molar-refractivity contribution < 1.29 is 28.1 Å². The molecule has 4 rings (SSSR count). The molecule has 10 heteroatoms. The van der Waals surface area contributed by atoms with Crippen LogP contribution in [0.3, 0.4) is 0 Å². The first-order chi connectivity index (χ1) is 13.4. The Bertz CT molecular complexity index is 1000. The Hall–Kier alpha value is -2.75. The molecule has 8 nitrogen and oxygen atoms in total. The molecule has 3 heterocycles. The monoisotopic (exact) mass is 405 g/mol. The Labute approximate surface area is 162 Å². The quantitative estimate of drug-likeness (QED) is 0.613. The molecule has 1 aromatic carbocycles. The van der Waals surface area contributed by atoms with Crippen LogP contribution in [0.4, 0.5) is 15.0 Å². The topological polar surface area (TPSA) is 110 Å². The number of thioether (sulfide) groups is 1. The number of anilines is 1. The van der Waals surface area contributed by atoms with Gasteiger partial charge >= 0.3 is 0 Å². The molecule has 2 fully saturated rings. The highest BCUT2D eigenvalue weighted by molar-refractivity contribution is 8.14. The summed E-state index contributed by atoms with van der Waals surface area (Å²) in [5.41, 5.74) is 0.289. The minimum absolute atomic E-state index is 0.0602. The van der Waals surface area contributed by atoms with Crippen molar-refractivity contribution in [2.24, 2.45) is 5.92 Å². The normalized spacial score (nSPS) is 23.0. The lowest BCUT2D eigenvalue weighted by Crippen LogP contribution is -2.46. The molecule has 2 aromatic rings. The van der Waals surface area contributed by atoms with E-state index in [0.717, 1.165) is 11.8 Å². The van der Waals surface area contributed by atoms with Crippen molar-refractivity contribution in [3.8, 4) is 0 Å². The van der Waals surface area contributed by atoms with Gasteiger partial charge in [0, 0.05) is 11.8 Å². The van der Waals surface area contributed by atoms with Gasteiger partial charge in [-0.3, -0.25) is 29.4 Å². The average Bonchev–Trinajstić information content (AvgIpc) is 3.21. The van der Waals surface area contributed by atoms with Crippen LogP contribution in [0.15, 0.2) is 16.7 Å². The van der Waals surface area contributed by atoms with Crippen LogP contribution in [0.5, 0.6) is 0 Å². The second-order valence-corrected chi connectivity index (χ2v) is 7.75. The molecule has 2 aliphatic heterocycles. The fraction of sp³-hybridized carbons (Fsp3) is 0.389. The van der Waals surface area contributed by atoms with Crippen molar-refractivity contribution in [2.75, 3.05) is 10.7 Å². The highest BCUT2D eigenvalue weighted by Crippen LogP contribution is 2.37. The van der Waals surface area contributed by atoms with Crippen LogP contribution in [-0.2, 0) is 20.8 Å². The van der Waals surface area contributed by atoms with Crippen molar-refractivity contribution >= 4 is 51.4 Å². The number of aromatic nitrogens is 1. The predicted molar refractivity (Wildman–Crippen MR) is 98.3 cm³/mol. The standard InChI is InChI=1S/C18H16FN3O5S/c1-2-9-7-28-18(26)22(9)16-11-4-8(5-12(19)15(11)27-21-16)3-10-13(23)6-14(24)20-17(10)25/h4-5,9-10H,2-3,6-7H2,1H3,(H,20,24,25)/t9-,10?/m1/s1. The number of carbonyl (C=O) groups excluding carboxylic acids is 4. The fourth-order valence-corrected chi connectivity index (χ4v) is 4.59. The lowest BCUT2D eigenvalue weighted by Gasteiger charge is -2.21. The van der Waals surface area contributed by atoms with Gasteiger partial charge in [0.2, 0.25) is 17.4 Å². The smallest absolute Gasteiger partial charge is 0.287 e. The van der Waals surface area contributed by atoms with Crippen LogP contribution < -0.4 is 10.2 Å². The Morgan fingerprint density at radius 1 is 1.32 bits per heavy atom. The second kappa shape index (κ2) is 7.01. The zero-order valence-electron chi connectivity index (χ0n) is 14.9. The first-order valence-corrected chi connectivity index (χ1v) is 9.77. The van der Waals surface area contributed by atoms with E-state index in [1.807, 2.05) is 6.92 Å². The summed E-state index contributed by atoms with van der Waals surface area (Å²) in [5, 5.41) is 6.15. The fourth-order valence-electron chi connectivity index (χ4n) is 3.50. The van der Waals surface area contributed by atoms with Crippen LogP contribution in [-0.4, -0.2) is 39.8 Å². The number of halogens is 1. The molecular formula is C18H16FN3O5S. The lowest BCUT2D eigenvalue weighted by atomic mass is 9.89. The third-order valence-corrected chi connectivity index (χ3v) is 5.97. The zero-order chi connectivity index (χ0) is 20.0. The maximum Gasteiger partial charge on any atom is 0.287 e. The summed E-state index contributed by atoms with van der Waals surface area (Å²) in [6.07, 6.45) is 0.271. The van der Waals surface area contributed by atoms with Gasteiger partial charge in [0.1, 0.15) is 5.92 Å². The summed E-state index contributed by atoms with van der Waals surface area (Å²) in [7, 11) is 0. The second-order valence-electron chi connectivity index (χ2n) is 6.78. The number of hydrogen-bond donors (Lipinski definition) is 1. The third-order valence-electron chi connectivity index (χ3n) is 4.97. The molecule has 1 unspecified atom stereocenters. The first kappa shape index (κ1) is 18.6. The SMILES string of the molecule is CC[C@@H]1CSC(=O)N1c1noc2c(F)cc(CC3C(=O)CC(=O)NC3=O)cc12. The van der Waals surface area contributed by atoms with E-state index in [-0.39, 0.29) is 35.5 Å². The van der Waals surface area contributed by atoms with Gasteiger partial charge in [0.25, 0.3) is 5.24 Å². The van der Waals surface area contributed by atoms with E-state index >= 15 is 0 Å². The van der Waals surface area contributed by atoms with Crippen LogP contribution in [0.1, 0.15) is 25.3 Å². The molecule has 0 radical (unpaired) electrons. The van der Waals surface area contributed by atoms with Crippen LogP contribution in [0.25, 0.3) is 11.0 Å². The summed E-state index contributed by atoms with van der Waals surface area (Å²) in [4.78, 5) is 49.1. The number of nitrogens with zero attached hydrogens (tertiary/aromatic N) is 2. The molecule has 0 aliphatic carbocycles. The van der Waals surface area contributed by atoms with Crippen LogP contribution >= 0.6 is 11.8 Å².